The van der Waals surface area contributed by atoms with Gasteiger partial charge in [-0.25, -0.2) is 0 Å². The Labute approximate surface area is 114 Å². The lowest BCUT2D eigenvalue weighted by Crippen LogP contribution is -2.45. The van der Waals surface area contributed by atoms with Crippen molar-refractivity contribution in [3.63, 3.8) is 0 Å². The summed E-state index contributed by atoms with van der Waals surface area (Å²) in [4.78, 5) is 25.8. The fourth-order valence-electron chi connectivity index (χ4n) is 2.33. The van der Waals surface area contributed by atoms with Crippen LogP contribution in [0.4, 0.5) is 0 Å². The molecule has 1 fully saturated rings. The highest BCUT2D eigenvalue weighted by Gasteiger charge is 2.34. The number of nitrogens with zero attached hydrogens (tertiary/aromatic N) is 2. The van der Waals surface area contributed by atoms with Crippen LogP contribution in [0.5, 0.6) is 0 Å². The lowest BCUT2D eigenvalue weighted by Gasteiger charge is -2.23. The van der Waals surface area contributed by atoms with E-state index < -0.39 is 0 Å². The summed E-state index contributed by atoms with van der Waals surface area (Å²) in [5, 5.41) is 2.61. The normalized spacial score (nSPS) is 19.1. The predicted molar refractivity (Wildman–Crippen MR) is 71.2 cm³/mol. The summed E-state index contributed by atoms with van der Waals surface area (Å²) < 4.78 is 2.63. The molecule has 1 aliphatic rings. The molecule has 1 aliphatic heterocycles. The van der Waals surface area contributed by atoms with Gasteiger partial charge >= 0.3 is 0 Å². The molecule has 0 radical (unpaired) electrons. The number of likely N-dealkylation sites (tertiary alicyclic amines) is 1. The Morgan fingerprint density at radius 3 is 2.78 bits per heavy atom. The molecular formula is C12H16BrN3O2. The Kier molecular flexibility index (Phi) is 3.75. The highest BCUT2D eigenvalue weighted by molar-refractivity contribution is 9.10. The number of likely N-dealkylation sites (N-methyl/N-ethyl adjacent to an activating group) is 1. The second-order valence-electron chi connectivity index (χ2n) is 4.43. The number of amides is 2. The number of hydrogen-bond acceptors (Lipinski definition) is 2. The van der Waals surface area contributed by atoms with Gasteiger partial charge in [0.2, 0.25) is 5.91 Å². The van der Waals surface area contributed by atoms with E-state index in [2.05, 4.69) is 21.2 Å². The smallest absolute Gasteiger partial charge is 0.271 e. The molecule has 1 unspecified atom stereocenters. The molecule has 18 heavy (non-hydrogen) atoms. The van der Waals surface area contributed by atoms with Gasteiger partial charge in [0.1, 0.15) is 11.7 Å². The van der Waals surface area contributed by atoms with Gasteiger partial charge in [-0.3, -0.25) is 9.59 Å². The van der Waals surface area contributed by atoms with Gasteiger partial charge in [-0.1, -0.05) is 0 Å². The molecule has 1 atom stereocenters. The molecule has 1 aromatic rings. The summed E-state index contributed by atoms with van der Waals surface area (Å²) in [5.74, 6) is -0.177. The third kappa shape index (κ3) is 2.29. The van der Waals surface area contributed by atoms with Crippen molar-refractivity contribution in [1.82, 2.24) is 14.8 Å². The number of aromatic nitrogens is 1. The third-order valence-electron chi connectivity index (χ3n) is 3.25. The number of halogens is 1. The maximum atomic E-state index is 12.4. The molecule has 2 amide bonds. The maximum Gasteiger partial charge on any atom is 0.271 e. The summed E-state index contributed by atoms with van der Waals surface area (Å²) in [6.07, 6.45) is 3.44. The number of rotatable bonds is 2. The lowest BCUT2D eigenvalue weighted by molar-refractivity contribution is -0.124. The Balaban J connectivity index is 2.23. The zero-order valence-corrected chi connectivity index (χ0v) is 12.0. The first-order valence-corrected chi connectivity index (χ1v) is 6.68. The van der Waals surface area contributed by atoms with Crippen molar-refractivity contribution < 1.29 is 9.59 Å². The average molecular weight is 314 g/mol. The molecule has 1 N–H and O–H groups in total. The number of carbonyl (C=O) groups excluding carboxylic acids is 2. The van der Waals surface area contributed by atoms with E-state index in [0.717, 1.165) is 17.3 Å². The van der Waals surface area contributed by atoms with Crippen molar-refractivity contribution in [2.24, 2.45) is 7.05 Å². The number of nitrogens with one attached hydrogen (secondary N) is 1. The summed E-state index contributed by atoms with van der Waals surface area (Å²) >= 11 is 3.35. The first-order valence-electron chi connectivity index (χ1n) is 5.89. The van der Waals surface area contributed by atoms with E-state index in [1.54, 1.807) is 22.6 Å². The zero-order valence-electron chi connectivity index (χ0n) is 10.4. The monoisotopic (exact) mass is 313 g/mol. The molecule has 5 nitrogen and oxygen atoms in total. The maximum absolute atomic E-state index is 12.4. The third-order valence-corrected chi connectivity index (χ3v) is 3.69. The predicted octanol–water partition coefficient (Wildman–Crippen LogP) is 1.14. The van der Waals surface area contributed by atoms with Gasteiger partial charge in [-0.15, -0.1) is 0 Å². The summed E-state index contributed by atoms with van der Waals surface area (Å²) in [6, 6.07) is 1.44. The van der Waals surface area contributed by atoms with Gasteiger partial charge in [0.15, 0.2) is 0 Å². The van der Waals surface area contributed by atoms with Crippen molar-refractivity contribution in [1.29, 1.82) is 0 Å². The van der Waals surface area contributed by atoms with E-state index in [1.165, 1.54) is 0 Å². The second-order valence-corrected chi connectivity index (χ2v) is 5.34. The molecule has 0 saturated carbocycles. The minimum absolute atomic E-state index is 0.0886. The molecule has 98 valence electrons. The van der Waals surface area contributed by atoms with E-state index in [4.69, 9.17) is 0 Å². The lowest BCUT2D eigenvalue weighted by atomic mass is 10.2. The molecule has 1 saturated heterocycles. The van der Waals surface area contributed by atoms with Gasteiger partial charge in [-0.05, 0) is 34.8 Å². The summed E-state index contributed by atoms with van der Waals surface area (Å²) in [5.41, 5.74) is 0.595. The molecule has 0 spiro atoms. The SMILES string of the molecule is CNC(=O)C1CCCN1C(=O)c1cc(Br)cn1C. The van der Waals surface area contributed by atoms with Crippen molar-refractivity contribution in [3.8, 4) is 0 Å². The molecule has 0 aliphatic carbocycles. The Morgan fingerprint density at radius 2 is 2.22 bits per heavy atom. The largest absolute Gasteiger partial charge is 0.357 e. The second kappa shape index (κ2) is 5.14. The average Bonchev–Trinajstić information content (AvgIpc) is 2.94. The standard InChI is InChI=1S/C12H16BrN3O2/c1-14-11(17)9-4-3-5-16(9)12(18)10-6-8(13)7-15(10)2/h6-7,9H,3-5H2,1-2H3,(H,14,17). The van der Waals surface area contributed by atoms with Gasteiger partial charge in [0.25, 0.3) is 5.91 Å². The van der Waals surface area contributed by atoms with Gasteiger partial charge in [-0.2, -0.15) is 0 Å². The summed E-state index contributed by atoms with van der Waals surface area (Å²) in [7, 11) is 3.42. The van der Waals surface area contributed by atoms with E-state index in [0.29, 0.717) is 12.2 Å². The van der Waals surface area contributed by atoms with Crippen molar-refractivity contribution in [2.45, 2.75) is 18.9 Å². The fourth-order valence-corrected chi connectivity index (χ4v) is 2.86. The van der Waals surface area contributed by atoms with Crippen LogP contribution in [0.3, 0.4) is 0 Å². The first-order chi connectivity index (χ1) is 8.54. The highest BCUT2D eigenvalue weighted by Crippen LogP contribution is 2.22. The van der Waals surface area contributed by atoms with E-state index in [-0.39, 0.29) is 17.9 Å². The van der Waals surface area contributed by atoms with E-state index >= 15 is 0 Å². The van der Waals surface area contributed by atoms with Gasteiger partial charge in [0.05, 0.1) is 0 Å². The summed E-state index contributed by atoms with van der Waals surface area (Å²) in [6.45, 7) is 0.639. The fraction of sp³-hybridized carbons (Fsp3) is 0.500. The van der Waals surface area contributed by atoms with Crippen molar-refractivity contribution >= 4 is 27.7 Å². The van der Waals surface area contributed by atoms with Crippen LogP contribution in [-0.2, 0) is 11.8 Å². The minimum atomic E-state index is -0.337. The molecule has 0 aromatic carbocycles. The van der Waals surface area contributed by atoms with E-state index in [1.807, 2.05) is 13.2 Å². The van der Waals surface area contributed by atoms with Crippen LogP contribution in [0, 0.1) is 0 Å². The molecule has 6 heteroatoms. The molecule has 1 aromatic heterocycles. The quantitative estimate of drug-likeness (QED) is 0.890. The number of aryl methyl sites for hydroxylation is 1. The molecule has 2 rings (SSSR count). The van der Waals surface area contributed by atoms with Crippen molar-refractivity contribution in [2.75, 3.05) is 13.6 Å². The molecule has 2 heterocycles. The van der Waals surface area contributed by atoms with Crippen LogP contribution < -0.4 is 5.32 Å². The van der Waals surface area contributed by atoms with Crippen molar-refractivity contribution in [3.05, 3.63) is 22.4 Å². The number of hydrogen-bond donors (Lipinski definition) is 1. The van der Waals surface area contributed by atoms with E-state index in [9.17, 15) is 9.59 Å². The Morgan fingerprint density at radius 1 is 1.50 bits per heavy atom. The van der Waals surface area contributed by atoms with Crippen LogP contribution in [0.15, 0.2) is 16.7 Å². The zero-order chi connectivity index (χ0) is 13.3. The van der Waals surface area contributed by atoms with Crippen LogP contribution in [0.25, 0.3) is 0 Å². The van der Waals surface area contributed by atoms with Gasteiger partial charge < -0.3 is 14.8 Å². The van der Waals surface area contributed by atoms with Crippen LogP contribution >= 0.6 is 15.9 Å². The Bertz CT molecular complexity index is 484. The molecular weight excluding hydrogens is 298 g/mol. The van der Waals surface area contributed by atoms with Crippen LogP contribution in [0.1, 0.15) is 23.3 Å². The highest BCUT2D eigenvalue weighted by atomic mass is 79.9. The molecule has 0 bridgehead atoms. The number of carbonyl (C=O) groups is 2. The first kappa shape index (κ1) is 13.1. The topological polar surface area (TPSA) is 54.3 Å². The van der Waals surface area contributed by atoms with Crippen LogP contribution in [-0.4, -0.2) is 40.9 Å². The van der Waals surface area contributed by atoms with Gasteiger partial charge in [0, 0.05) is 31.3 Å². The Hall–Kier alpha value is -1.30. The minimum Gasteiger partial charge on any atom is -0.357 e. The van der Waals surface area contributed by atoms with Crippen LogP contribution in [0.2, 0.25) is 0 Å².